The fourth-order valence-electron chi connectivity index (χ4n) is 2.13. The molecule has 1 atom stereocenters. The Kier molecular flexibility index (Phi) is 3.68. The van der Waals surface area contributed by atoms with E-state index < -0.39 is 0 Å². The van der Waals surface area contributed by atoms with Gasteiger partial charge in [0, 0.05) is 17.9 Å². The summed E-state index contributed by atoms with van der Waals surface area (Å²) in [7, 11) is 0. The summed E-state index contributed by atoms with van der Waals surface area (Å²) >= 11 is 0. The topological polar surface area (TPSA) is 63.4 Å². The smallest absolute Gasteiger partial charge is 0.237 e. The predicted octanol–water partition coefficient (Wildman–Crippen LogP) is 1.20. The molecule has 4 nitrogen and oxygen atoms in total. The van der Waals surface area contributed by atoms with Crippen molar-refractivity contribution in [3.63, 3.8) is 0 Å². The van der Waals surface area contributed by atoms with E-state index in [1.807, 2.05) is 19.1 Å². The maximum Gasteiger partial charge on any atom is 0.237 e. The van der Waals surface area contributed by atoms with Gasteiger partial charge in [-0.05, 0) is 24.6 Å². The molecule has 1 aliphatic heterocycles. The highest BCUT2D eigenvalue weighted by Crippen LogP contribution is 2.29. The molecule has 2 N–H and O–H groups in total. The van der Waals surface area contributed by atoms with Gasteiger partial charge in [0.05, 0.1) is 12.2 Å². The maximum atomic E-state index is 12.1. The predicted molar refractivity (Wildman–Crippen MR) is 73.4 cm³/mol. The van der Waals surface area contributed by atoms with Gasteiger partial charge in [0.25, 0.3) is 0 Å². The van der Waals surface area contributed by atoms with E-state index in [1.54, 1.807) is 13.0 Å². The molecular formula is C15H16N2O2. The number of nitrogens with two attached hydrogens (primary N) is 1. The molecule has 98 valence electrons. The largest absolute Gasteiger partial charge is 0.320 e. The van der Waals surface area contributed by atoms with Crippen LogP contribution in [-0.2, 0) is 9.59 Å². The Morgan fingerprint density at radius 2 is 2.16 bits per heavy atom. The third-order valence-electron chi connectivity index (χ3n) is 3.09. The summed E-state index contributed by atoms with van der Waals surface area (Å²) in [5.41, 5.74) is 7.63. The number of hydrogen-bond donors (Lipinski definition) is 1. The maximum absolute atomic E-state index is 12.1. The Balaban J connectivity index is 2.50. The molecule has 1 aliphatic rings. The van der Waals surface area contributed by atoms with Crippen LogP contribution in [0.25, 0.3) is 0 Å². The molecule has 0 aliphatic carbocycles. The molecule has 1 fully saturated rings. The summed E-state index contributed by atoms with van der Waals surface area (Å²) in [6.45, 7) is 3.94. The first-order valence-electron chi connectivity index (χ1n) is 6.21. The number of anilines is 1. The molecule has 2 rings (SSSR count). The fraction of sp³-hybridized carbons (Fsp3) is 0.333. The Hall–Kier alpha value is -2.12. The number of imide groups is 1. The fourth-order valence-corrected chi connectivity index (χ4v) is 2.13. The van der Waals surface area contributed by atoms with E-state index in [1.165, 1.54) is 4.90 Å². The molecule has 1 heterocycles. The van der Waals surface area contributed by atoms with Crippen molar-refractivity contribution in [1.82, 2.24) is 0 Å². The minimum atomic E-state index is -0.260. The summed E-state index contributed by atoms with van der Waals surface area (Å²) in [5, 5.41) is 0. The third kappa shape index (κ3) is 2.51. The van der Waals surface area contributed by atoms with Crippen LogP contribution < -0.4 is 10.6 Å². The van der Waals surface area contributed by atoms with Crippen LogP contribution in [0.4, 0.5) is 5.69 Å². The van der Waals surface area contributed by atoms with Crippen LogP contribution in [0.5, 0.6) is 0 Å². The number of hydrogen-bond acceptors (Lipinski definition) is 3. The minimum absolute atomic E-state index is 0.162. The van der Waals surface area contributed by atoms with E-state index in [9.17, 15) is 9.59 Å². The molecule has 4 heteroatoms. The van der Waals surface area contributed by atoms with Crippen LogP contribution in [0.1, 0.15) is 24.5 Å². The molecule has 1 unspecified atom stereocenters. The van der Waals surface area contributed by atoms with Gasteiger partial charge in [-0.3, -0.25) is 9.59 Å². The number of carbonyl (C=O) groups is 2. The standard InChI is InChI=1S/C15H16N2O2/c1-10-5-6-13(12(8-10)4-3-7-16)17-14(18)9-11(2)15(17)19/h5-6,8,11H,7,9,16H2,1-2H3. The van der Waals surface area contributed by atoms with Crippen LogP contribution >= 0.6 is 0 Å². The molecule has 1 aromatic rings. The zero-order chi connectivity index (χ0) is 14.0. The van der Waals surface area contributed by atoms with Gasteiger partial charge in [0.15, 0.2) is 0 Å². The van der Waals surface area contributed by atoms with Gasteiger partial charge in [-0.25, -0.2) is 4.90 Å². The van der Waals surface area contributed by atoms with Gasteiger partial charge < -0.3 is 5.73 Å². The highest BCUT2D eigenvalue weighted by Gasteiger charge is 2.37. The van der Waals surface area contributed by atoms with E-state index in [-0.39, 0.29) is 30.7 Å². The normalized spacial score (nSPS) is 18.5. The Labute approximate surface area is 112 Å². The average Bonchev–Trinajstić information content (AvgIpc) is 2.62. The van der Waals surface area contributed by atoms with Crippen LogP contribution in [0.2, 0.25) is 0 Å². The number of nitrogens with zero attached hydrogens (tertiary/aromatic N) is 1. The highest BCUT2D eigenvalue weighted by molar-refractivity contribution is 6.21. The molecule has 1 aromatic carbocycles. The first kappa shape index (κ1) is 13.3. The first-order chi connectivity index (χ1) is 9.04. The number of aryl methyl sites for hydroxylation is 1. The Morgan fingerprint density at radius 1 is 1.42 bits per heavy atom. The minimum Gasteiger partial charge on any atom is -0.320 e. The van der Waals surface area contributed by atoms with Crippen LogP contribution in [0.15, 0.2) is 18.2 Å². The Bertz CT molecular complexity index is 596. The lowest BCUT2D eigenvalue weighted by Crippen LogP contribution is -2.30. The van der Waals surface area contributed by atoms with Crippen molar-refractivity contribution in [3.8, 4) is 11.8 Å². The summed E-state index contributed by atoms with van der Waals surface area (Å²) in [4.78, 5) is 25.2. The van der Waals surface area contributed by atoms with Gasteiger partial charge in [0.1, 0.15) is 0 Å². The number of benzene rings is 1. The molecule has 19 heavy (non-hydrogen) atoms. The zero-order valence-corrected chi connectivity index (χ0v) is 11.1. The summed E-state index contributed by atoms with van der Waals surface area (Å²) in [5.74, 6) is 5.10. The highest BCUT2D eigenvalue weighted by atomic mass is 16.2. The van der Waals surface area contributed by atoms with Gasteiger partial charge >= 0.3 is 0 Å². The van der Waals surface area contributed by atoms with Crippen molar-refractivity contribution in [1.29, 1.82) is 0 Å². The molecular weight excluding hydrogens is 240 g/mol. The quantitative estimate of drug-likeness (QED) is 0.606. The second kappa shape index (κ2) is 5.25. The molecule has 2 amide bonds. The second-order valence-electron chi connectivity index (χ2n) is 4.70. The van der Waals surface area contributed by atoms with Gasteiger partial charge in [-0.1, -0.05) is 24.8 Å². The van der Waals surface area contributed by atoms with Crippen molar-refractivity contribution in [2.24, 2.45) is 11.7 Å². The monoisotopic (exact) mass is 256 g/mol. The SMILES string of the molecule is Cc1ccc(N2C(=O)CC(C)C2=O)c(C#CCN)c1. The van der Waals surface area contributed by atoms with Crippen LogP contribution in [-0.4, -0.2) is 18.4 Å². The summed E-state index contributed by atoms with van der Waals surface area (Å²) < 4.78 is 0. The second-order valence-corrected chi connectivity index (χ2v) is 4.70. The molecule has 0 aromatic heterocycles. The van der Waals surface area contributed by atoms with E-state index >= 15 is 0 Å². The summed E-state index contributed by atoms with van der Waals surface area (Å²) in [6.07, 6.45) is 0.260. The van der Waals surface area contributed by atoms with E-state index in [0.717, 1.165) is 5.56 Å². The van der Waals surface area contributed by atoms with Crippen molar-refractivity contribution in [2.45, 2.75) is 20.3 Å². The first-order valence-corrected chi connectivity index (χ1v) is 6.21. The lowest BCUT2D eigenvalue weighted by Gasteiger charge is -2.16. The van der Waals surface area contributed by atoms with Gasteiger partial charge in [-0.2, -0.15) is 0 Å². The number of amides is 2. The molecule has 0 spiro atoms. The van der Waals surface area contributed by atoms with Crippen LogP contribution in [0.3, 0.4) is 0 Å². The third-order valence-corrected chi connectivity index (χ3v) is 3.09. The molecule has 0 saturated carbocycles. The lowest BCUT2D eigenvalue weighted by molar-refractivity contribution is -0.122. The number of carbonyl (C=O) groups excluding carboxylic acids is 2. The molecule has 0 radical (unpaired) electrons. The van der Waals surface area contributed by atoms with Crippen LogP contribution in [0, 0.1) is 24.7 Å². The Morgan fingerprint density at radius 3 is 2.74 bits per heavy atom. The van der Waals surface area contributed by atoms with Crippen molar-refractivity contribution < 1.29 is 9.59 Å². The molecule has 0 bridgehead atoms. The zero-order valence-electron chi connectivity index (χ0n) is 11.1. The van der Waals surface area contributed by atoms with E-state index in [0.29, 0.717) is 11.3 Å². The average molecular weight is 256 g/mol. The van der Waals surface area contributed by atoms with Gasteiger partial charge in [0.2, 0.25) is 11.8 Å². The van der Waals surface area contributed by atoms with Gasteiger partial charge in [-0.15, -0.1) is 0 Å². The number of rotatable bonds is 1. The van der Waals surface area contributed by atoms with Crippen molar-refractivity contribution in [2.75, 3.05) is 11.4 Å². The summed E-state index contributed by atoms with van der Waals surface area (Å²) in [6, 6.07) is 5.50. The molecule has 1 saturated heterocycles. The van der Waals surface area contributed by atoms with Crippen molar-refractivity contribution in [3.05, 3.63) is 29.3 Å². The van der Waals surface area contributed by atoms with Crippen molar-refractivity contribution >= 4 is 17.5 Å². The van der Waals surface area contributed by atoms with E-state index in [2.05, 4.69) is 11.8 Å². The van der Waals surface area contributed by atoms with E-state index in [4.69, 9.17) is 5.73 Å². The lowest BCUT2D eigenvalue weighted by atomic mass is 10.1.